The van der Waals surface area contributed by atoms with E-state index < -0.39 is 10.0 Å². The van der Waals surface area contributed by atoms with E-state index in [1.807, 2.05) is 31.2 Å². The zero-order valence-electron chi connectivity index (χ0n) is 12.1. The molecule has 3 rings (SSSR count). The third-order valence-electron chi connectivity index (χ3n) is 3.77. The van der Waals surface area contributed by atoms with Crippen molar-refractivity contribution in [1.82, 2.24) is 4.31 Å². The van der Waals surface area contributed by atoms with Gasteiger partial charge < -0.3 is 4.74 Å². The fraction of sp³-hybridized carbons (Fsp3) is 0.250. The molecule has 2 aromatic carbocycles. The smallest absolute Gasteiger partial charge is 0.243 e. The molecule has 116 valence electrons. The maximum atomic E-state index is 12.9. The van der Waals surface area contributed by atoms with E-state index in [2.05, 4.69) is 0 Å². The second-order valence-electron chi connectivity index (χ2n) is 5.14. The Labute approximate surface area is 135 Å². The van der Waals surface area contributed by atoms with Gasteiger partial charge in [0.15, 0.2) is 0 Å². The molecule has 0 amide bonds. The van der Waals surface area contributed by atoms with Gasteiger partial charge in [-0.05, 0) is 31.2 Å². The van der Waals surface area contributed by atoms with E-state index in [-0.39, 0.29) is 10.9 Å². The molecule has 6 heteroatoms. The Bertz CT molecular complexity index is 791. The zero-order chi connectivity index (χ0) is 15.7. The number of sulfonamides is 1. The number of hydrogen-bond acceptors (Lipinski definition) is 3. The summed E-state index contributed by atoms with van der Waals surface area (Å²) in [7, 11) is -3.63. The molecule has 2 aromatic rings. The van der Waals surface area contributed by atoms with Crippen molar-refractivity contribution < 1.29 is 13.2 Å². The lowest BCUT2D eigenvalue weighted by Crippen LogP contribution is -2.35. The number of halogens is 1. The first-order valence-corrected chi connectivity index (χ1v) is 8.81. The first kappa shape index (κ1) is 15.3. The van der Waals surface area contributed by atoms with Gasteiger partial charge in [0.05, 0.1) is 10.9 Å². The van der Waals surface area contributed by atoms with Crippen LogP contribution in [0.4, 0.5) is 0 Å². The molecule has 0 spiro atoms. The second kappa shape index (κ2) is 5.91. The van der Waals surface area contributed by atoms with Gasteiger partial charge in [-0.1, -0.05) is 35.9 Å². The van der Waals surface area contributed by atoms with Crippen LogP contribution in [0, 0.1) is 0 Å². The third-order valence-corrected chi connectivity index (χ3v) is 5.97. The molecule has 22 heavy (non-hydrogen) atoms. The zero-order valence-corrected chi connectivity index (χ0v) is 13.6. The van der Waals surface area contributed by atoms with Crippen LogP contribution in [0.15, 0.2) is 53.4 Å². The summed E-state index contributed by atoms with van der Waals surface area (Å²) >= 11 is 5.93. The molecular formula is C16H16ClNO3S. The molecule has 1 atom stereocenters. The Kier molecular flexibility index (Phi) is 4.12. The van der Waals surface area contributed by atoms with E-state index in [0.717, 1.165) is 11.3 Å². The number of ether oxygens (including phenoxy) is 1. The molecule has 0 aliphatic carbocycles. The molecule has 1 unspecified atom stereocenters. The minimum atomic E-state index is -3.63. The van der Waals surface area contributed by atoms with Gasteiger partial charge in [0.25, 0.3) is 0 Å². The lowest BCUT2D eigenvalue weighted by Gasteiger charge is -2.26. The van der Waals surface area contributed by atoms with Crippen molar-refractivity contribution in [3.63, 3.8) is 0 Å². The average Bonchev–Trinajstić information content (AvgIpc) is 2.67. The van der Waals surface area contributed by atoms with Gasteiger partial charge in [0.1, 0.15) is 12.4 Å². The summed E-state index contributed by atoms with van der Waals surface area (Å²) in [6, 6.07) is 13.6. The van der Waals surface area contributed by atoms with Crippen molar-refractivity contribution in [3.8, 4) is 5.75 Å². The fourth-order valence-corrected chi connectivity index (χ4v) is 4.54. The number of hydrogen-bond donors (Lipinski definition) is 0. The van der Waals surface area contributed by atoms with Gasteiger partial charge >= 0.3 is 0 Å². The highest BCUT2D eigenvalue weighted by molar-refractivity contribution is 7.89. The number of rotatable bonds is 2. The standard InChI is InChI=1S/C16H16ClNO3S/c1-12-15-7-2-3-8-16(15)21-10-9-18(12)22(19,20)14-6-4-5-13(17)11-14/h2-8,11-12H,9-10H2,1H3. The summed E-state index contributed by atoms with van der Waals surface area (Å²) in [6.45, 7) is 2.49. The average molecular weight is 338 g/mol. The first-order valence-electron chi connectivity index (χ1n) is 6.99. The molecule has 4 nitrogen and oxygen atoms in total. The van der Waals surface area contributed by atoms with E-state index in [1.54, 1.807) is 18.2 Å². The minimum absolute atomic E-state index is 0.200. The lowest BCUT2D eigenvalue weighted by atomic mass is 10.1. The van der Waals surface area contributed by atoms with Crippen molar-refractivity contribution >= 4 is 21.6 Å². The molecule has 1 aliphatic heterocycles. The second-order valence-corrected chi connectivity index (χ2v) is 7.46. The fourth-order valence-electron chi connectivity index (χ4n) is 2.64. The van der Waals surface area contributed by atoms with Crippen LogP contribution in [0.5, 0.6) is 5.75 Å². The summed E-state index contributed by atoms with van der Waals surface area (Å²) in [5.41, 5.74) is 0.866. The van der Waals surface area contributed by atoms with Crippen LogP contribution in [0.3, 0.4) is 0 Å². The third kappa shape index (κ3) is 2.72. The van der Waals surface area contributed by atoms with Gasteiger partial charge in [0, 0.05) is 17.1 Å². The van der Waals surface area contributed by atoms with Crippen molar-refractivity contribution in [1.29, 1.82) is 0 Å². The Morgan fingerprint density at radius 2 is 1.95 bits per heavy atom. The number of fused-ring (bicyclic) bond motifs is 1. The quantitative estimate of drug-likeness (QED) is 0.842. The van der Waals surface area contributed by atoms with Gasteiger partial charge in [-0.25, -0.2) is 8.42 Å². The monoisotopic (exact) mass is 337 g/mol. The summed E-state index contributed by atoms with van der Waals surface area (Å²) in [5.74, 6) is 0.735. The highest BCUT2D eigenvalue weighted by Gasteiger charge is 2.33. The van der Waals surface area contributed by atoms with Crippen LogP contribution < -0.4 is 4.74 Å². The van der Waals surface area contributed by atoms with Crippen LogP contribution in [0.1, 0.15) is 18.5 Å². The topological polar surface area (TPSA) is 46.6 Å². The van der Waals surface area contributed by atoms with Gasteiger partial charge in [-0.3, -0.25) is 0 Å². The van der Waals surface area contributed by atoms with Crippen molar-refractivity contribution in [2.75, 3.05) is 13.2 Å². The van der Waals surface area contributed by atoms with Crippen LogP contribution in [-0.4, -0.2) is 25.9 Å². The molecule has 1 heterocycles. The molecule has 0 fully saturated rings. The minimum Gasteiger partial charge on any atom is -0.492 e. The van der Waals surface area contributed by atoms with Gasteiger partial charge in [-0.2, -0.15) is 4.31 Å². The van der Waals surface area contributed by atoms with E-state index >= 15 is 0 Å². The van der Waals surface area contributed by atoms with Crippen molar-refractivity contribution in [3.05, 3.63) is 59.1 Å². The number of benzene rings is 2. The SMILES string of the molecule is CC1c2ccccc2OCCN1S(=O)(=O)c1cccc(Cl)c1. The van der Waals surface area contributed by atoms with E-state index in [1.165, 1.54) is 10.4 Å². The highest BCUT2D eigenvalue weighted by atomic mass is 35.5. The van der Waals surface area contributed by atoms with Gasteiger partial charge in [0.2, 0.25) is 10.0 Å². The summed E-state index contributed by atoms with van der Waals surface area (Å²) in [6.07, 6.45) is 0. The predicted octanol–water partition coefficient (Wildman–Crippen LogP) is 3.48. The maximum Gasteiger partial charge on any atom is 0.243 e. The molecule has 0 aromatic heterocycles. The lowest BCUT2D eigenvalue weighted by molar-refractivity contribution is 0.278. The Hall–Kier alpha value is -1.56. The molecule has 0 saturated heterocycles. The molecule has 0 radical (unpaired) electrons. The largest absolute Gasteiger partial charge is 0.492 e. The number of nitrogens with zero attached hydrogens (tertiary/aromatic N) is 1. The molecule has 0 bridgehead atoms. The van der Waals surface area contributed by atoms with E-state index in [9.17, 15) is 8.42 Å². The normalized spacial score (nSPS) is 19.1. The Morgan fingerprint density at radius 1 is 1.18 bits per heavy atom. The van der Waals surface area contributed by atoms with E-state index in [4.69, 9.17) is 16.3 Å². The summed E-state index contributed by atoms with van der Waals surface area (Å²) in [4.78, 5) is 0.200. The highest BCUT2D eigenvalue weighted by Crippen LogP contribution is 2.35. The van der Waals surface area contributed by atoms with Crippen LogP contribution in [0.25, 0.3) is 0 Å². The summed E-state index contributed by atoms with van der Waals surface area (Å²) in [5, 5.41) is 0.403. The van der Waals surface area contributed by atoms with Gasteiger partial charge in [-0.15, -0.1) is 0 Å². The van der Waals surface area contributed by atoms with Crippen LogP contribution >= 0.6 is 11.6 Å². The van der Waals surface area contributed by atoms with Crippen molar-refractivity contribution in [2.45, 2.75) is 17.9 Å². The van der Waals surface area contributed by atoms with Crippen LogP contribution in [-0.2, 0) is 10.0 Å². The molecular weight excluding hydrogens is 322 g/mol. The van der Waals surface area contributed by atoms with Crippen LogP contribution in [0.2, 0.25) is 5.02 Å². The Morgan fingerprint density at radius 3 is 2.73 bits per heavy atom. The maximum absolute atomic E-state index is 12.9. The van der Waals surface area contributed by atoms with E-state index in [0.29, 0.717) is 18.2 Å². The van der Waals surface area contributed by atoms with Crippen molar-refractivity contribution in [2.24, 2.45) is 0 Å². The first-order chi connectivity index (χ1) is 10.5. The predicted molar refractivity (Wildman–Crippen MR) is 85.7 cm³/mol. The number of para-hydroxylation sites is 1. The molecule has 1 aliphatic rings. The Balaban J connectivity index is 2.04. The molecule has 0 saturated carbocycles. The molecule has 0 N–H and O–H groups in total. The summed E-state index contributed by atoms with van der Waals surface area (Å²) < 4.78 is 33.0.